The molecule has 3 heterocycles. The first-order chi connectivity index (χ1) is 15.0. The number of alkyl halides is 3. The monoisotopic (exact) mass is 433 g/mol. The topological polar surface area (TPSA) is 69.5 Å². The summed E-state index contributed by atoms with van der Waals surface area (Å²) in [6.07, 6.45) is 3.96. The van der Waals surface area contributed by atoms with Gasteiger partial charge in [-0.3, -0.25) is 0 Å². The van der Waals surface area contributed by atoms with E-state index in [0.29, 0.717) is 23.4 Å². The van der Waals surface area contributed by atoms with Crippen LogP contribution < -0.4 is 15.2 Å². The summed E-state index contributed by atoms with van der Waals surface area (Å²) in [4.78, 5) is 18.1. The summed E-state index contributed by atoms with van der Waals surface area (Å²) in [6, 6.07) is 4.82. The minimum absolute atomic E-state index is 0.333. The summed E-state index contributed by atoms with van der Waals surface area (Å²) >= 11 is 0. The molecule has 2 saturated heterocycles. The van der Waals surface area contributed by atoms with Crippen LogP contribution in [0.3, 0.4) is 0 Å². The molecule has 166 valence electrons. The number of rotatable bonds is 5. The fraction of sp³-hybridized carbons (Fsp3) is 0.524. The van der Waals surface area contributed by atoms with E-state index in [2.05, 4.69) is 30.3 Å². The number of nitrogens with zero attached hydrogens (tertiary/aromatic N) is 6. The predicted molar refractivity (Wildman–Crippen MR) is 115 cm³/mol. The standard InChI is InChI=1S/C21H26F3N7/c22-21(23,24)17-9-7-16(8-10-17)15-25-29-18-26-19(30-11-3-1-4-12-30)28-20(27-18)31-13-5-2-6-14-31/h7-10,15H,1-6,11-14H2,(H,26,27,28,29)/b25-15+. The molecule has 0 saturated carbocycles. The van der Waals surface area contributed by atoms with Crippen molar-refractivity contribution >= 4 is 24.1 Å². The zero-order chi connectivity index (χ0) is 21.7. The third-order valence-corrected chi connectivity index (χ3v) is 5.51. The van der Waals surface area contributed by atoms with Gasteiger partial charge in [0.05, 0.1) is 11.8 Å². The molecule has 2 aromatic rings. The molecule has 0 amide bonds. The Morgan fingerprint density at radius 1 is 0.774 bits per heavy atom. The molecule has 0 spiro atoms. The molecule has 0 bridgehead atoms. The third-order valence-electron chi connectivity index (χ3n) is 5.51. The minimum Gasteiger partial charge on any atom is -0.341 e. The first-order valence-corrected chi connectivity index (χ1v) is 10.7. The normalized spacial score (nSPS) is 17.9. The van der Waals surface area contributed by atoms with E-state index >= 15 is 0 Å². The SMILES string of the molecule is FC(F)(F)c1ccc(/C=N/Nc2nc(N3CCCCC3)nc(N3CCCCC3)n2)cc1. The molecule has 0 atom stereocenters. The lowest BCUT2D eigenvalue weighted by Gasteiger charge is -2.30. The van der Waals surface area contributed by atoms with Crippen molar-refractivity contribution in [3.63, 3.8) is 0 Å². The highest BCUT2D eigenvalue weighted by molar-refractivity contribution is 5.80. The summed E-state index contributed by atoms with van der Waals surface area (Å²) in [5, 5.41) is 4.13. The van der Waals surface area contributed by atoms with E-state index in [9.17, 15) is 13.2 Å². The molecule has 31 heavy (non-hydrogen) atoms. The second kappa shape index (κ2) is 9.49. The minimum atomic E-state index is -4.35. The van der Waals surface area contributed by atoms with Gasteiger partial charge in [-0.25, -0.2) is 5.43 Å². The molecular weight excluding hydrogens is 407 g/mol. The van der Waals surface area contributed by atoms with Crippen LogP contribution in [0.5, 0.6) is 0 Å². The Morgan fingerprint density at radius 3 is 1.77 bits per heavy atom. The van der Waals surface area contributed by atoms with Crippen LogP contribution in [0, 0.1) is 0 Å². The van der Waals surface area contributed by atoms with Crippen LogP contribution in [-0.4, -0.2) is 47.3 Å². The molecule has 2 aliphatic heterocycles. The molecule has 2 aliphatic rings. The third kappa shape index (κ3) is 5.62. The molecule has 1 N–H and O–H groups in total. The van der Waals surface area contributed by atoms with Gasteiger partial charge in [0.1, 0.15) is 0 Å². The smallest absolute Gasteiger partial charge is 0.341 e. The number of hydrogen-bond donors (Lipinski definition) is 1. The molecule has 2 fully saturated rings. The average Bonchev–Trinajstić information content (AvgIpc) is 2.80. The molecule has 0 aliphatic carbocycles. The van der Waals surface area contributed by atoms with Gasteiger partial charge in [-0.1, -0.05) is 12.1 Å². The summed E-state index contributed by atoms with van der Waals surface area (Å²) in [5.41, 5.74) is 2.68. The van der Waals surface area contributed by atoms with Gasteiger partial charge in [-0.05, 0) is 56.2 Å². The van der Waals surface area contributed by atoms with Crippen molar-refractivity contribution < 1.29 is 13.2 Å². The molecule has 4 rings (SSSR count). The highest BCUT2D eigenvalue weighted by Gasteiger charge is 2.29. The largest absolute Gasteiger partial charge is 0.416 e. The lowest BCUT2D eigenvalue weighted by Crippen LogP contribution is -2.34. The highest BCUT2D eigenvalue weighted by atomic mass is 19.4. The average molecular weight is 433 g/mol. The number of hydrazone groups is 1. The predicted octanol–water partition coefficient (Wildman–Crippen LogP) is 4.32. The van der Waals surface area contributed by atoms with Crippen LogP contribution in [-0.2, 0) is 6.18 Å². The first-order valence-electron chi connectivity index (χ1n) is 10.7. The van der Waals surface area contributed by atoms with Gasteiger partial charge in [0.2, 0.25) is 17.8 Å². The number of hydrogen-bond acceptors (Lipinski definition) is 7. The lowest BCUT2D eigenvalue weighted by atomic mass is 10.1. The van der Waals surface area contributed by atoms with Crippen molar-refractivity contribution in [1.82, 2.24) is 15.0 Å². The Hall–Kier alpha value is -2.91. The number of anilines is 3. The van der Waals surface area contributed by atoms with E-state index in [-0.39, 0.29) is 0 Å². The zero-order valence-electron chi connectivity index (χ0n) is 17.3. The Kier molecular flexibility index (Phi) is 6.53. The Balaban J connectivity index is 1.51. The van der Waals surface area contributed by atoms with Crippen LogP contribution in [0.1, 0.15) is 49.7 Å². The Morgan fingerprint density at radius 2 is 1.29 bits per heavy atom. The summed E-state index contributed by atoms with van der Waals surface area (Å²) in [6.45, 7) is 3.66. The summed E-state index contributed by atoms with van der Waals surface area (Å²) in [7, 11) is 0. The van der Waals surface area contributed by atoms with Crippen molar-refractivity contribution in [2.45, 2.75) is 44.7 Å². The number of aromatic nitrogens is 3. The quantitative estimate of drug-likeness (QED) is 0.560. The second-order valence-electron chi connectivity index (χ2n) is 7.84. The maximum Gasteiger partial charge on any atom is 0.416 e. The first kappa shape index (κ1) is 21.3. The molecule has 0 radical (unpaired) electrons. The van der Waals surface area contributed by atoms with Gasteiger partial charge < -0.3 is 9.80 Å². The van der Waals surface area contributed by atoms with Crippen LogP contribution in [0.4, 0.5) is 31.0 Å². The number of benzene rings is 1. The number of nitrogens with one attached hydrogen (secondary N) is 1. The van der Waals surface area contributed by atoms with Crippen molar-refractivity contribution in [3.8, 4) is 0 Å². The van der Waals surface area contributed by atoms with Crippen LogP contribution >= 0.6 is 0 Å². The van der Waals surface area contributed by atoms with E-state index < -0.39 is 11.7 Å². The molecule has 1 aromatic carbocycles. The molecule has 0 unspecified atom stereocenters. The Labute approximate surface area is 179 Å². The van der Waals surface area contributed by atoms with E-state index in [1.807, 2.05) is 0 Å². The molecular formula is C21H26F3N7. The maximum atomic E-state index is 12.7. The summed E-state index contributed by atoms with van der Waals surface area (Å²) < 4.78 is 38.1. The van der Waals surface area contributed by atoms with Gasteiger partial charge in [0.15, 0.2) is 0 Å². The van der Waals surface area contributed by atoms with Gasteiger partial charge in [-0.15, -0.1) is 0 Å². The van der Waals surface area contributed by atoms with Gasteiger partial charge in [0.25, 0.3) is 0 Å². The zero-order valence-corrected chi connectivity index (χ0v) is 17.3. The fourth-order valence-electron chi connectivity index (χ4n) is 3.80. The molecule has 10 heteroatoms. The van der Waals surface area contributed by atoms with Crippen molar-refractivity contribution in [1.29, 1.82) is 0 Å². The van der Waals surface area contributed by atoms with E-state index in [4.69, 9.17) is 4.98 Å². The van der Waals surface area contributed by atoms with Crippen LogP contribution in [0.2, 0.25) is 0 Å². The highest BCUT2D eigenvalue weighted by Crippen LogP contribution is 2.29. The maximum absolute atomic E-state index is 12.7. The van der Waals surface area contributed by atoms with E-state index in [0.717, 1.165) is 64.0 Å². The van der Waals surface area contributed by atoms with E-state index in [1.165, 1.54) is 31.2 Å². The molecule has 1 aromatic heterocycles. The van der Waals surface area contributed by atoms with Crippen molar-refractivity contribution in [2.24, 2.45) is 5.10 Å². The summed E-state index contributed by atoms with van der Waals surface area (Å²) in [5.74, 6) is 1.62. The van der Waals surface area contributed by atoms with E-state index in [1.54, 1.807) is 0 Å². The number of halogens is 3. The fourth-order valence-corrected chi connectivity index (χ4v) is 3.80. The van der Waals surface area contributed by atoms with Crippen molar-refractivity contribution in [2.75, 3.05) is 41.4 Å². The van der Waals surface area contributed by atoms with Crippen LogP contribution in [0.25, 0.3) is 0 Å². The van der Waals surface area contributed by atoms with Gasteiger partial charge >= 0.3 is 6.18 Å². The Bertz CT molecular complexity index is 851. The second-order valence-corrected chi connectivity index (χ2v) is 7.84. The number of piperidine rings is 2. The van der Waals surface area contributed by atoms with Crippen molar-refractivity contribution in [3.05, 3.63) is 35.4 Å². The molecule has 7 nitrogen and oxygen atoms in total. The lowest BCUT2D eigenvalue weighted by molar-refractivity contribution is -0.137. The van der Waals surface area contributed by atoms with Gasteiger partial charge in [0, 0.05) is 26.2 Å². The van der Waals surface area contributed by atoms with Gasteiger partial charge in [-0.2, -0.15) is 33.2 Å². The van der Waals surface area contributed by atoms with Crippen LogP contribution in [0.15, 0.2) is 29.4 Å².